The number of carbonyl (C=O) groups is 1. The Morgan fingerprint density at radius 1 is 1.18 bits per heavy atom. The third-order valence-electron chi connectivity index (χ3n) is 3.40. The number of halogens is 1. The van der Waals surface area contributed by atoms with E-state index in [0.29, 0.717) is 23.0 Å². The van der Waals surface area contributed by atoms with Crippen molar-refractivity contribution in [3.05, 3.63) is 47.5 Å². The summed E-state index contributed by atoms with van der Waals surface area (Å²) in [6, 6.07) is 12.3. The topological polar surface area (TPSA) is 53.6 Å². The van der Waals surface area contributed by atoms with Gasteiger partial charge in [0.2, 0.25) is 0 Å². The van der Waals surface area contributed by atoms with Crippen molar-refractivity contribution >= 4 is 34.7 Å². The lowest BCUT2D eigenvalue weighted by molar-refractivity contribution is 0.262. The molecular formula is C16H16ClN3O2. The summed E-state index contributed by atoms with van der Waals surface area (Å²) < 4.78 is 5.62. The Morgan fingerprint density at radius 2 is 1.95 bits per heavy atom. The van der Waals surface area contributed by atoms with Crippen molar-refractivity contribution in [3.8, 4) is 5.75 Å². The molecule has 0 bridgehead atoms. The monoisotopic (exact) mass is 317 g/mol. The van der Waals surface area contributed by atoms with Gasteiger partial charge in [0.25, 0.3) is 0 Å². The number of carbonyl (C=O) groups excluding carboxylic acids is 1. The van der Waals surface area contributed by atoms with Gasteiger partial charge >= 0.3 is 6.03 Å². The van der Waals surface area contributed by atoms with Crippen LogP contribution in [0.4, 0.5) is 21.9 Å². The van der Waals surface area contributed by atoms with Crippen LogP contribution in [0.3, 0.4) is 0 Å². The zero-order chi connectivity index (χ0) is 15.5. The summed E-state index contributed by atoms with van der Waals surface area (Å²) in [6.45, 7) is 1.50. The van der Waals surface area contributed by atoms with E-state index in [1.54, 1.807) is 24.3 Å². The molecule has 2 aromatic rings. The van der Waals surface area contributed by atoms with Gasteiger partial charge in [-0.1, -0.05) is 17.7 Å². The van der Waals surface area contributed by atoms with Crippen LogP contribution in [0.5, 0.6) is 5.75 Å². The Labute approximate surface area is 133 Å². The van der Waals surface area contributed by atoms with Crippen LogP contribution in [0.15, 0.2) is 42.5 Å². The van der Waals surface area contributed by atoms with Crippen LogP contribution in [0, 0.1) is 0 Å². The highest BCUT2D eigenvalue weighted by molar-refractivity contribution is 6.30. The molecule has 0 spiro atoms. The van der Waals surface area contributed by atoms with Crippen molar-refractivity contribution in [2.45, 2.75) is 0 Å². The van der Waals surface area contributed by atoms with Crippen LogP contribution in [0.2, 0.25) is 5.02 Å². The van der Waals surface area contributed by atoms with Crippen LogP contribution in [0.1, 0.15) is 0 Å². The van der Waals surface area contributed by atoms with Crippen LogP contribution >= 0.6 is 11.6 Å². The fraction of sp³-hybridized carbons (Fsp3) is 0.188. The summed E-state index contributed by atoms with van der Waals surface area (Å²) in [6.07, 6.45) is 0. The van der Waals surface area contributed by atoms with Crippen LogP contribution in [0.25, 0.3) is 0 Å². The number of rotatable bonds is 2. The van der Waals surface area contributed by atoms with Gasteiger partial charge in [-0.05, 0) is 30.3 Å². The number of nitrogens with zero attached hydrogens (tertiary/aromatic N) is 1. The summed E-state index contributed by atoms with van der Waals surface area (Å²) in [4.78, 5) is 14.1. The largest absolute Gasteiger partial charge is 0.489 e. The third-order valence-corrected chi connectivity index (χ3v) is 3.63. The zero-order valence-electron chi connectivity index (χ0n) is 12.1. The number of urea groups is 1. The van der Waals surface area contributed by atoms with Crippen molar-refractivity contribution in [1.29, 1.82) is 0 Å². The maximum atomic E-state index is 12.0. The summed E-state index contributed by atoms with van der Waals surface area (Å²) in [5, 5.41) is 6.09. The first-order valence-corrected chi connectivity index (χ1v) is 7.31. The summed E-state index contributed by atoms with van der Waals surface area (Å²) >= 11 is 5.89. The highest BCUT2D eigenvalue weighted by Crippen LogP contribution is 2.33. The van der Waals surface area contributed by atoms with Gasteiger partial charge < -0.3 is 20.3 Å². The SMILES string of the molecule is CN1CCOc2cc(NC(=O)Nc3cccc(Cl)c3)ccc21. The molecule has 6 heteroatoms. The maximum absolute atomic E-state index is 12.0. The van der Waals surface area contributed by atoms with Gasteiger partial charge in [-0.25, -0.2) is 4.79 Å². The second kappa shape index (κ2) is 6.15. The lowest BCUT2D eigenvalue weighted by Gasteiger charge is -2.27. The molecule has 0 aliphatic carbocycles. The highest BCUT2D eigenvalue weighted by atomic mass is 35.5. The van der Waals surface area contributed by atoms with Crippen molar-refractivity contribution in [2.24, 2.45) is 0 Å². The van der Waals surface area contributed by atoms with Gasteiger partial charge in [0, 0.05) is 29.5 Å². The predicted molar refractivity (Wildman–Crippen MR) is 89.3 cm³/mol. The van der Waals surface area contributed by atoms with Crippen LogP contribution < -0.4 is 20.3 Å². The average Bonchev–Trinajstić information content (AvgIpc) is 2.47. The van der Waals surface area contributed by atoms with E-state index in [1.807, 2.05) is 25.2 Å². The van der Waals surface area contributed by atoms with E-state index in [4.69, 9.17) is 16.3 Å². The molecule has 1 heterocycles. The summed E-state index contributed by atoms with van der Waals surface area (Å²) in [5.74, 6) is 0.773. The van der Waals surface area contributed by atoms with Gasteiger partial charge in [-0.2, -0.15) is 0 Å². The number of hydrogen-bond acceptors (Lipinski definition) is 3. The van der Waals surface area contributed by atoms with Crippen LogP contribution in [-0.4, -0.2) is 26.2 Å². The Hall–Kier alpha value is -2.40. The molecule has 0 saturated heterocycles. The Bertz CT molecular complexity index is 706. The minimum absolute atomic E-state index is 0.327. The fourth-order valence-electron chi connectivity index (χ4n) is 2.30. The fourth-order valence-corrected chi connectivity index (χ4v) is 2.49. The molecule has 0 fully saturated rings. The zero-order valence-corrected chi connectivity index (χ0v) is 12.9. The molecule has 2 amide bonds. The molecule has 0 aromatic heterocycles. The first-order chi connectivity index (χ1) is 10.6. The van der Waals surface area contributed by atoms with E-state index in [0.717, 1.165) is 18.0 Å². The Balaban J connectivity index is 1.69. The molecule has 0 unspecified atom stereocenters. The smallest absolute Gasteiger partial charge is 0.323 e. The Kier molecular flexibility index (Phi) is 4.06. The minimum atomic E-state index is -0.327. The molecule has 5 nitrogen and oxygen atoms in total. The number of likely N-dealkylation sites (N-methyl/N-ethyl adjacent to an activating group) is 1. The molecule has 22 heavy (non-hydrogen) atoms. The number of benzene rings is 2. The summed E-state index contributed by atoms with van der Waals surface area (Å²) in [5.41, 5.74) is 2.33. The number of anilines is 3. The molecular weight excluding hydrogens is 302 g/mol. The lowest BCUT2D eigenvalue weighted by atomic mass is 10.2. The minimum Gasteiger partial charge on any atom is -0.489 e. The number of nitrogens with one attached hydrogen (secondary N) is 2. The molecule has 0 atom stereocenters. The van der Waals surface area contributed by atoms with Crippen molar-refractivity contribution in [1.82, 2.24) is 0 Å². The van der Waals surface area contributed by atoms with Gasteiger partial charge in [0.05, 0.1) is 12.2 Å². The molecule has 2 N–H and O–H groups in total. The van der Waals surface area contributed by atoms with Crippen molar-refractivity contribution in [3.63, 3.8) is 0 Å². The molecule has 0 radical (unpaired) electrons. The van der Waals surface area contributed by atoms with Crippen molar-refractivity contribution < 1.29 is 9.53 Å². The number of hydrogen-bond donors (Lipinski definition) is 2. The maximum Gasteiger partial charge on any atom is 0.323 e. The van der Waals surface area contributed by atoms with E-state index >= 15 is 0 Å². The molecule has 1 aliphatic heterocycles. The van der Waals surface area contributed by atoms with Gasteiger partial charge in [0.15, 0.2) is 0 Å². The molecule has 114 valence electrons. The predicted octanol–water partition coefficient (Wildman–Crippen LogP) is 3.81. The highest BCUT2D eigenvalue weighted by Gasteiger charge is 2.15. The average molecular weight is 318 g/mol. The van der Waals surface area contributed by atoms with Gasteiger partial charge in [-0.15, -0.1) is 0 Å². The van der Waals surface area contributed by atoms with Gasteiger partial charge in [0.1, 0.15) is 12.4 Å². The molecule has 1 aliphatic rings. The quantitative estimate of drug-likeness (QED) is 0.885. The number of ether oxygens (including phenoxy) is 1. The summed E-state index contributed by atoms with van der Waals surface area (Å²) in [7, 11) is 2.01. The number of amides is 2. The first-order valence-electron chi connectivity index (χ1n) is 6.93. The second-order valence-electron chi connectivity index (χ2n) is 5.04. The second-order valence-corrected chi connectivity index (χ2v) is 5.48. The Morgan fingerprint density at radius 3 is 2.73 bits per heavy atom. The standard InChI is InChI=1S/C16H16ClN3O2/c1-20-7-8-22-15-10-13(5-6-14(15)20)19-16(21)18-12-4-2-3-11(17)9-12/h2-6,9-10H,7-8H2,1H3,(H2,18,19,21). The van der Waals surface area contributed by atoms with E-state index in [2.05, 4.69) is 15.5 Å². The molecule has 3 rings (SSSR count). The number of fused-ring (bicyclic) bond motifs is 1. The third kappa shape index (κ3) is 3.26. The molecule has 0 saturated carbocycles. The van der Waals surface area contributed by atoms with Crippen LogP contribution in [-0.2, 0) is 0 Å². The van der Waals surface area contributed by atoms with E-state index in [-0.39, 0.29) is 6.03 Å². The van der Waals surface area contributed by atoms with Crippen molar-refractivity contribution in [2.75, 3.05) is 35.7 Å². The normalized spacial score (nSPS) is 13.1. The lowest BCUT2D eigenvalue weighted by Crippen LogP contribution is -2.28. The molecule has 2 aromatic carbocycles. The first kappa shape index (κ1) is 14.5. The van der Waals surface area contributed by atoms with Gasteiger partial charge in [-0.3, -0.25) is 0 Å². The van der Waals surface area contributed by atoms with E-state index < -0.39 is 0 Å². The van der Waals surface area contributed by atoms with E-state index in [1.165, 1.54) is 0 Å². The van der Waals surface area contributed by atoms with E-state index in [9.17, 15) is 4.79 Å².